The summed E-state index contributed by atoms with van der Waals surface area (Å²) in [5.41, 5.74) is 5.59. The number of hydrogen-bond donors (Lipinski definition) is 2. The molecule has 0 radical (unpaired) electrons. The van der Waals surface area contributed by atoms with Crippen molar-refractivity contribution in [1.29, 1.82) is 0 Å². The maximum absolute atomic E-state index is 11.8. The van der Waals surface area contributed by atoms with Crippen molar-refractivity contribution in [3.8, 4) is 12.3 Å². The van der Waals surface area contributed by atoms with Crippen molar-refractivity contribution in [2.24, 2.45) is 5.73 Å². The molecule has 6 heteroatoms. The highest BCUT2D eigenvalue weighted by Crippen LogP contribution is 2.17. The highest BCUT2D eigenvalue weighted by molar-refractivity contribution is 7.99. The van der Waals surface area contributed by atoms with E-state index in [1.807, 2.05) is 0 Å². The van der Waals surface area contributed by atoms with Gasteiger partial charge in [0.2, 0.25) is 5.91 Å². The Kier molecular flexibility index (Phi) is 4.65. The standard InChI is InChI=1S/C10H14N2O3S/c1-2-3-7(11)9(13)12-4-5-16-6-8(12)10(14)15/h1,7-8H,3-6,11H2,(H,14,15). The molecule has 0 aliphatic carbocycles. The van der Waals surface area contributed by atoms with Crippen LogP contribution in [0.4, 0.5) is 0 Å². The van der Waals surface area contributed by atoms with Crippen molar-refractivity contribution in [2.45, 2.75) is 18.5 Å². The third-order valence-electron chi connectivity index (χ3n) is 2.35. The Morgan fingerprint density at radius 1 is 1.69 bits per heavy atom. The third kappa shape index (κ3) is 2.90. The second kappa shape index (κ2) is 5.77. The van der Waals surface area contributed by atoms with Crippen molar-refractivity contribution in [1.82, 2.24) is 4.90 Å². The number of nitrogens with two attached hydrogens (primary N) is 1. The van der Waals surface area contributed by atoms with Gasteiger partial charge in [-0.3, -0.25) is 4.79 Å². The average Bonchev–Trinajstić information content (AvgIpc) is 2.28. The van der Waals surface area contributed by atoms with Gasteiger partial charge in [-0.15, -0.1) is 12.3 Å². The van der Waals surface area contributed by atoms with Gasteiger partial charge in [0.05, 0.1) is 6.04 Å². The predicted molar refractivity (Wildman–Crippen MR) is 61.9 cm³/mol. The normalized spacial score (nSPS) is 22.2. The van der Waals surface area contributed by atoms with Crippen LogP contribution in [0.3, 0.4) is 0 Å². The summed E-state index contributed by atoms with van der Waals surface area (Å²) >= 11 is 1.52. The van der Waals surface area contributed by atoms with Crippen LogP contribution in [0.25, 0.3) is 0 Å². The van der Waals surface area contributed by atoms with Gasteiger partial charge < -0.3 is 15.7 Å². The molecular formula is C10H14N2O3S. The van der Waals surface area contributed by atoms with E-state index in [2.05, 4.69) is 5.92 Å². The van der Waals surface area contributed by atoms with E-state index in [0.717, 1.165) is 5.75 Å². The molecule has 0 saturated carbocycles. The average molecular weight is 242 g/mol. The molecule has 0 spiro atoms. The Labute approximate surface area is 98.4 Å². The summed E-state index contributed by atoms with van der Waals surface area (Å²) in [6.07, 6.45) is 5.20. The van der Waals surface area contributed by atoms with E-state index in [4.69, 9.17) is 17.3 Å². The lowest BCUT2D eigenvalue weighted by atomic mass is 10.1. The van der Waals surface area contributed by atoms with Crippen LogP contribution in [0.2, 0.25) is 0 Å². The second-order valence-corrected chi connectivity index (χ2v) is 4.63. The molecule has 1 fully saturated rings. The third-order valence-corrected chi connectivity index (χ3v) is 3.37. The molecule has 0 aromatic rings. The summed E-state index contributed by atoms with van der Waals surface area (Å²) in [6, 6.07) is -1.58. The van der Waals surface area contributed by atoms with Crippen LogP contribution < -0.4 is 5.73 Å². The smallest absolute Gasteiger partial charge is 0.327 e. The molecule has 16 heavy (non-hydrogen) atoms. The van der Waals surface area contributed by atoms with Gasteiger partial charge in [-0.2, -0.15) is 11.8 Å². The first kappa shape index (κ1) is 12.9. The fraction of sp³-hybridized carbons (Fsp3) is 0.600. The fourth-order valence-electron chi connectivity index (χ4n) is 1.50. The van der Waals surface area contributed by atoms with Gasteiger partial charge in [0, 0.05) is 24.5 Å². The van der Waals surface area contributed by atoms with E-state index in [-0.39, 0.29) is 12.3 Å². The van der Waals surface area contributed by atoms with Crippen LogP contribution in [-0.2, 0) is 9.59 Å². The summed E-state index contributed by atoms with van der Waals surface area (Å²) in [6.45, 7) is 0.415. The number of aliphatic carboxylic acids is 1. The van der Waals surface area contributed by atoms with E-state index in [9.17, 15) is 9.59 Å². The van der Waals surface area contributed by atoms with Gasteiger partial charge in [-0.1, -0.05) is 0 Å². The van der Waals surface area contributed by atoms with Crippen molar-refractivity contribution < 1.29 is 14.7 Å². The Hall–Kier alpha value is -1.19. The van der Waals surface area contributed by atoms with Crippen molar-refractivity contribution in [3.05, 3.63) is 0 Å². The van der Waals surface area contributed by atoms with E-state index in [0.29, 0.717) is 12.3 Å². The molecule has 88 valence electrons. The molecule has 1 rings (SSSR count). The summed E-state index contributed by atoms with van der Waals surface area (Å²) in [5.74, 6) is 2.09. The largest absolute Gasteiger partial charge is 0.480 e. The zero-order valence-corrected chi connectivity index (χ0v) is 9.57. The van der Waals surface area contributed by atoms with Gasteiger partial charge in [0.25, 0.3) is 0 Å². The summed E-state index contributed by atoms with van der Waals surface area (Å²) < 4.78 is 0. The molecule has 2 unspecified atom stereocenters. The number of terminal acetylenes is 1. The van der Waals surface area contributed by atoms with E-state index in [1.165, 1.54) is 16.7 Å². The van der Waals surface area contributed by atoms with Crippen LogP contribution in [0.15, 0.2) is 0 Å². The topological polar surface area (TPSA) is 83.6 Å². The van der Waals surface area contributed by atoms with Crippen LogP contribution in [0.1, 0.15) is 6.42 Å². The maximum atomic E-state index is 11.8. The second-order valence-electron chi connectivity index (χ2n) is 3.48. The number of thioether (sulfide) groups is 1. The highest BCUT2D eigenvalue weighted by atomic mass is 32.2. The lowest BCUT2D eigenvalue weighted by Crippen LogP contribution is -2.55. The lowest BCUT2D eigenvalue weighted by Gasteiger charge is -2.34. The highest BCUT2D eigenvalue weighted by Gasteiger charge is 2.34. The molecule has 0 aromatic heterocycles. The molecule has 2 atom stereocenters. The molecule has 5 nitrogen and oxygen atoms in total. The zero-order valence-electron chi connectivity index (χ0n) is 8.76. The van der Waals surface area contributed by atoms with Crippen LogP contribution in [0, 0.1) is 12.3 Å². The molecule has 3 N–H and O–H groups in total. The SMILES string of the molecule is C#CCC(N)C(=O)N1CCSCC1C(=O)O. The van der Waals surface area contributed by atoms with Gasteiger partial charge >= 0.3 is 5.97 Å². The molecule has 1 aliphatic rings. The number of carbonyl (C=O) groups excluding carboxylic acids is 1. The Morgan fingerprint density at radius 2 is 2.38 bits per heavy atom. The summed E-state index contributed by atoms with van der Waals surface area (Å²) in [5, 5.41) is 8.98. The zero-order chi connectivity index (χ0) is 12.1. The van der Waals surface area contributed by atoms with Crippen LogP contribution >= 0.6 is 11.8 Å². The first-order chi connectivity index (χ1) is 7.57. The summed E-state index contributed by atoms with van der Waals surface area (Å²) in [4.78, 5) is 24.1. The Bertz CT molecular complexity index is 327. The minimum Gasteiger partial charge on any atom is -0.480 e. The van der Waals surface area contributed by atoms with Gasteiger partial charge in [-0.25, -0.2) is 4.79 Å². The van der Waals surface area contributed by atoms with Crippen LogP contribution in [-0.4, -0.2) is 52.0 Å². The first-order valence-corrected chi connectivity index (χ1v) is 6.03. The van der Waals surface area contributed by atoms with Crippen LogP contribution in [0.5, 0.6) is 0 Å². The van der Waals surface area contributed by atoms with Gasteiger partial charge in [-0.05, 0) is 0 Å². The Balaban J connectivity index is 2.72. The number of nitrogens with zero attached hydrogens (tertiary/aromatic N) is 1. The number of carbonyl (C=O) groups is 2. The maximum Gasteiger partial charge on any atom is 0.327 e. The van der Waals surface area contributed by atoms with Crippen molar-refractivity contribution in [2.75, 3.05) is 18.1 Å². The summed E-state index contributed by atoms with van der Waals surface area (Å²) in [7, 11) is 0. The minimum absolute atomic E-state index is 0.134. The first-order valence-electron chi connectivity index (χ1n) is 4.88. The number of amides is 1. The van der Waals surface area contributed by atoms with Crippen molar-refractivity contribution in [3.63, 3.8) is 0 Å². The van der Waals surface area contributed by atoms with E-state index in [1.54, 1.807) is 0 Å². The molecule has 1 aliphatic heterocycles. The minimum atomic E-state index is -0.992. The lowest BCUT2D eigenvalue weighted by molar-refractivity contribution is -0.149. The van der Waals surface area contributed by atoms with E-state index >= 15 is 0 Å². The van der Waals surface area contributed by atoms with Gasteiger partial charge in [0.1, 0.15) is 6.04 Å². The predicted octanol–water partition coefficient (Wildman–Crippen LogP) is -0.634. The quantitative estimate of drug-likeness (QED) is 0.644. The number of carboxylic acids is 1. The molecule has 0 aromatic carbocycles. The molecular weight excluding hydrogens is 228 g/mol. The molecule has 1 heterocycles. The van der Waals surface area contributed by atoms with Gasteiger partial charge in [0.15, 0.2) is 0 Å². The fourth-order valence-corrected chi connectivity index (χ4v) is 2.54. The number of carboxylic acid groups (broad SMARTS) is 1. The van der Waals surface area contributed by atoms with Crippen molar-refractivity contribution >= 4 is 23.6 Å². The number of rotatable bonds is 3. The van der Waals surface area contributed by atoms with E-state index < -0.39 is 18.1 Å². The number of hydrogen-bond acceptors (Lipinski definition) is 4. The monoisotopic (exact) mass is 242 g/mol. The molecule has 0 bridgehead atoms. The molecule has 1 saturated heterocycles. The molecule has 1 amide bonds. The Morgan fingerprint density at radius 3 is 2.94 bits per heavy atom.